The second-order valence-electron chi connectivity index (χ2n) is 12.1. The Balaban J connectivity index is 1.24. The highest BCUT2D eigenvalue weighted by Crippen LogP contribution is 2.23. The third-order valence-corrected chi connectivity index (χ3v) is 8.89. The average molecular weight is 577 g/mol. The molecule has 2 aliphatic rings. The molecule has 2 saturated heterocycles. The lowest BCUT2D eigenvalue weighted by molar-refractivity contribution is -0.137. The van der Waals surface area contributed by atoms with E-state index in [2.05, 4.69) is 48.5 Å². The fourth-order valence-corrected chi connectivity index (χ4v) is 6.32. The molecule has 0 atom stereocenters. The molecule has 2 aliphatic heterocycles. The summed E-state index contributed by atoms with van der Waals surface area (Å²) in [6.45, 7) is 4.19. The van der Waals surface area contributed by atoms with Crippen molar-refractivity contribution in [2.24, 2.45) is 11.8 Å². The van der Waals surface area contributed by atoms with Crippen LogP contribution in [0.5, 0.6) is 0 Å². The van der Waals surface area contributed by atoms with Gasteiger partial charge in [-0.1, -0.05) is 67.1 Å². The Bertz CT molecular complexity index is 1020. The highest BCUT2D eigenvalue weighted by Gasteiger charge is 2.27. The molecule has 0 radical (unpaired) electrons. The summed E-state index contributed by atoms with van der Waals surface area (Å²) in [6, 6.07) is 21.1. The van der Waals surface area contributed by atoms with Gasteiger partial charge in [-0.3, -0.25) is 24.5 Å². The first kappa shape index (κ1) is 31.7. The lowest BCUT2D eigenvalue weighted by Gasteiger charge is -2.35. The molecule has 2 aromatic carbocycles. The minimum atomic E-state index is -0.386. The van der Waals surface area contributed by atoms with Crippen LogP contribution in [-0.2, 0) is 27.2 Å². The van der Waals surface area contributed by atoms with Gasteiger partial charge < -0.3 is 9.80 Å². The van der Waals surface area contributed by atoms with Crippen molar-refractivity contribution in [2.75, 3.05) is 45.8 Å². The summed E-state index contributed by atoms with van der Waals surface area (Å²) in [7, 11) is 0. The molecule has 2 fully saturated rings. The number of unbranched alkanes of at least 4 members (excludes halogenated alkanes) is 2. The van der Waals surface area contributed by atoms with E-state index in [1.54, 1.807) is 5.48 Å². The number of nitrogens with zero attached hydrogens (tertiary/aromatic N) is 3. The Labute approximate surface area is 251 Å². The monoisotopic (exact) mass is 576 g/mol. The number of hydroxylamine groups is 1. The highest BCUT2D eigenvalue weighted by atomic mass is 16.5. The number of rotatable bonds is 14. The van der Waals surface area contributed by atoms with Crippen LogP contribution in [0.4, 0.5) is 0 Å². The van der Waals surface area contributed by atoms with Gasteiger partial charge in [0.2, 0.25) is 17.7 Å². The SMILES string of the molecule is O=C(CCCCCN(CC(=O)N1CCC(Cc2ccccc2)CC1)CC(=O)N1CCC(Cc2ccccc2)CC1)NO. The highest BCUT2D eigenvalue weighted by molar-refractivity contribution is 5.81. The second-order valence-corrected chi connectivity index (χ2v) is 12.1. The average Bonchev–Trinajstić information content (AvgIpc) is 3.02. The molecule has 3 amide bonds. The molecule has 0 aliphatic carbocycles. The maximum atomic E-state index is 13.3. The molecule has 2 N–H and O–H groups in total. The van der Waals surface area contributed by atoms with E-state index in [9.17, 15) is 14.4 Å². The van der Waals surface area contributed by atoms with Crippen molar-refractivity contribution in [3.8, 4) is 0 Å². The minimum absolute atomic E-state index is 0.0992. The quantitative estimate of drug-likeness (QED) is 0.199. The lowest BCUT2D eigenvalue weighted by atomic mass is 9.90. The maximum absolute atomic E-state index is 13.3. The third-order valence-electron chi connectivity index (χ3n) is 8.89. The smallest absolute Gasteiger partial charge is 0.243 e. The summed E-state index contributed by atoms with van der Waals surface area (Å²) in [4.78, 5) is 44.0. The van der Waals surface area contributed by atoms with Crippen molar-refractivity contribution in [1.82, 2.24) is 20.2 Å². The van der Waals surface area contributed by atoms with E-state index in [0.29, 0.717) is 24.8 Å². The summed E-state index contributed by atoms with van der Waals surface area (Å²) < 4.78 is 0. The lowest BCUT2D eigenvalue weighted by Crippen LogP contribution is -2.48. The Morgan fingerprint density at radius 1 is 0.690 bits per heavy atom. The van der Waals surface area contributed by atoms with E-state index in [1.807, 2.05) is 26.8 Å². The molecule has 0 spiro atoms. The number of amides is 3. The van der Waals surface area contributed by atoms with Crippen LogP contribution in [0, 0.1) is 11.8 Å². The number of piperidine rings is 2. The van der Waals surface area contributed by atoms with E-state index >= 15 is 0 Å². The Hall–Kier alpha value is -3.23. The zero-order valence-corrected chi connectivity index (χ0v) is 25.0. The molecule has 0 bridgehead atoms. The molecular weight excluding hydrogens is 528 g/mol. The fraction of sp³-hybridized carbons (Fsp3) is 0.559. The number of nitrogens with one attached hydrogen (secondary N) is 1. The maximum Gasteiger partial charge on any atom is 0.243 e. The van der Waals surface area contributed by atoms with Crippen LogP contribution in [0.25, 0.3) is 0 Å². The van der Waals surface area contributed by atoms with Crippen molar-refractivity contribution in [3.05, 3.63) is 71.8 Å². The van der Waals surface area contributed by atoms with Crippen molar-refractivity contribution >= 4 is 17.7 Å². The Morgan fingerprint density at radius 2 is 1.14 bits per heavy atom. The van der Waals surface area contributed by atoms with Gasteiger partial charge >= 0.3 is 0 Å². The number of carbonyl (C=O) groups excluding carboxylic acids is 3. The number of carbonyl (C=O) groups is 3. The standard InChI is InChI=1S/C34H48N4O4/c39-32(35-42)14-8-3-9-19-36(26-33(40)37-20-15-30(16-21-37)24-28-10-4-1-5-11-28)27-34(41)38-22-17-31(18-23-38)25-29-12-6-2-7-13-29/h1-2,4-7,10-13,30-31,42H,3,8-9,14-27H2,(H,35,39). The summed E-state index contributed by atoms with van der Waals surface area (Å²) in [6.07, 6.45) is 8.64. The predicted octanol–water partition coefficient (Wildman–Crippen LogP) is 4.32. The van der Waals surface area contributed by atoms with Gasteiger partial charge in [0.1, 0.15) is 0 Å². The number of hydrogen-bond acceptors (Lipinski definition) is 5. The van der Waals surface area contributed by atoms with E-state index in [4.69, 9.17) is 5.21 Å². The number of likely N-dealkylation sites (tertiary alicyclic amines) is 2. The molecule has 8 nitrogen and oxygen atoms in total. The summed E-state index contributed by atoms with van der Waals surface area (Å²) in [5.41, 5.74) is 4.38. The van der Waals surface area contributed by atoms with Crippen molar-refractivity contribution in [2.45, 2.75) is 64.2 Å². The van der Waals surface area contributed by atoms with E-state index in [0.717, 1.165) is 77.5 Å². The van der Waals surface area contributed by atoms with Crippen LogP contribution in [0.15, 0.2) is 60.7 Å². The first-order chi connectivity index (χ1) is 20.5. The number of hydrogen-bond donors (Lipinski definition) is 2. The van der Waals surface area contributed by atoms with Gasteiger partial charge in [0.25, 0.3) is 0 Å². The normalized spacial score (nSPS) is 16.5. The molecule has 8 heteroatoms. The van der Waals surface area contributed by atoms with E-state index < -0.39 is 0 Å². The molecular formula is C34H48N4O4. The van der Waals surface area contributed by atoms with Gasteiger partial charge in [-0.25, -0.2) is 5.48 Å². The minimum Gasteiger partial charge on any atom is -0.342 e. The first-order valence-corrected chi connectivity index (χ1v) is 15.8. The van der Waals surface area contributed by atoms with E-state index in [-0.39, 0.29) is 37.2 Å². The van der Waals surface area contributed by atoms with Gasteiger partial charge in [-0.15, -0.1) is 0 Å². The van der Waals surface area contributed by atoms with Gasteiger partial charge in [-0.05, 0) is 80.9 Å². The zero-order valence-electron chi connectivity index (χ0n) is 25.0. The topological polar surface area (TPSA) is 93.2 Å². The van der Waals surface area contributed by atoms with Crippen molar-refractivity contribution in [1.29, 1.82) is 0 Å². The van der Waals surface area contributed by atoms with Gasteiger partial charge in [0.05, 0.1) is 13.1 Å². The Morgan fingerprint density at radius 3 is 1.57 bits per heavy atom. The molecule has 0 aromatic heterocycles. The number of benzene rings is 2. The summed E-state index contributed by atoms with van der Waals surface area (Å²) >= 11 is 0. The van der Waals surface area contributed by atoms with Gasteiger partial charge in [0.15, 0.2) is 0 Å². The largest absolute Gasteiger partial charge is 0.342 e. The van der Waals surface area contributed by atoms with Crippen LogP contribution < -0.4 is 5.48 Å². The van der Waals surface area contributed by atoms with Crippen LogP contribution >= 0.6 is 0 Å². The van der Waals surface area contributed by atoms with Gasteiger partial charge in [0, 0.05) is 32.6 Å². The molecule has 0 saturated carbocycles. The first-order valence-electron chi connectivity index (χ1n) is 15.8. The summed E-state index contributed by atoms with van der Waals surface area (Å²) in [5.74, 6) is 0.998. The molecule has 228 valence electrons. The second kappa shape index (κ2) is 17.0. The Kier molecular flexibility index (Phi) is 12.8. The third kappa shape index (κ3) is 10.6. The van der Waals surface area contributed by atoms with Gasteiger partial charge in [-0.2, -0.15) is 0 Å². The fourth-order valence-electron chi connectivity index (χ4n) is 6.32. The van der Waals surface area contributed by atoms with Crippen molar-refractivity contribution < 1.29 is 19.6 Å². The molecule has 0 unspecified atom stereocenters. The molecule has 4 rings (SSSR count). The van der Waals surface area contributed by atoms with Crippen LogP contribution in [0.2, 0.25) is 0 Å². The molecule has 2 heterocycles. The zero-order chi connectivity index (χ0) is 29.6. The van der Waals surface area contributed by atoms with Crippen LogP contribution in [0.3, 0.4) is 0 Å². The molecule has 42 heavy (non-hydrogen) atoms. The van der Waals surface area contributed by atoms with Crippen molar-refractivity contribution in [3.63, 3.8) is 0 Å². The summed E-state index contributed by atoms with van der Waals surface area (Å²) in [5, 5.41) is 8.71. The van der Waals surface area contributed by atoms with Crippen LogP contribution in [0.1, 0.15) is 62.5 Å². The molecule has 2 aromatic rings. The van der Waals surface area contributed by atoms with Crippen LogP contribution in [-0.4, -0.2) is 83.4 Å². The predicted molar refractivity (Wildman–Crippen MR) is 164 cm³/mol. The van der Waals surface area contributed by atoms with E-state index in [1.165, 1.54) is 11.1 Å².